The normalized spacial score (nSPS) is 21.5. The zero-order chi connectivity index (χ0) is 15.3. The first kappa shape index (κ1) is 15.7. The Kier molecular flexibility index (Phi) is 5.12. The number of amides is 1. The molecule has 2 N–H and O–H groups in total. The molecule has 1 aromatic rings. The Morgan fingerprint density at radius 2 is 2.24 bits per heavy atom. The summed E-state index contributed by atoms with van der Waals surface area (Å²) in [7, 11) is 0. The van der Waals surface area contributed by atoms with Crippen LogP contribution in [0.4, 0.5) is 8.78 Å². The van der Waals surface area contributed by atoms with Crippen LogP contribution in [0.3, 0.4) is 0 Å². The fourth-order valence-corrected chi connectivity index (χ4v) is 2.62. The summed E-state index contributed by atoms with van der Waals surface area (Å²) < 4.78 is 29.1. The number of carbonyl (C=O) groups excluding carboxylic acids is 1. The first-order valence-electron chi connectivity index (χ1n) is 7.09. The van der Waals surface area contributed by atoms with Gasteiger partial charge in [-0.25, -0.2) is 0 Å². The monoisotopic (exact) mass is 298 g/mol. The average Bonchev–Trinajstić information content (AvgIpc) is 2.95. The van der Waals surface area contributed by atoms with Gasteiger partial charge in [-0.15, -0.1) is 0 Å². The van der Waals surface area contributed by atoms with Crippen LogP contribution in [0.5, 0.6) is 5.75 Å². The summed E-state index contributed by atoms with van der Waals surface area (Å²) >= 11 is 0. The van der Waals surface area contributed by atoms with Crippen molar-refractivity contribution in [2.75, 3.05) is 13.1 Å². The summed E-state index contributed by atoms with van der Waals surface area (Å²) in [4.78, 5) is 12.4. The zero-order valence-electron chi connectivity index (χ0n) is 12.0. The smallest absolute Gasteiger partial charge is 0.387 e. The zero-order valence-corrected chi connectivity index (χ0v) is 12.0. The summed E-state index contributed by atoms with van der Waals surface area (Å²) in [6, 6.07) is 6.49. The van der Waals surface area contributed by atoms with Crippen molar-refractivity contribution in [1.82, 2.24) is 10.6 Å². The van der Waals surface area contributed by atoms with E-state index >= 15 is 0 Å². The molecule has 21 heavy (non-hydrogen) atoms. The number of ether oxygens (including phenoxy) is 1. The average molecular weight is 298 g/mol. The number of alkyl halides is 2. The molecule has 1 aromatic carbocycles. The van der Waals surface area contributed by atoms with E-state index in [-0.39, 0.29) is 18.2 Å². The minimum Gasteiger partial charge on any atom is -0.434 e. The molecule has 6 heteroatoms. The van der Waals surface area contributed by atoms with Crippen LogP contribution < -0.4 is 15.4 Å². The minimum atomic E-state index is -2.87. The number of hydrogen-bond acceptors (Lipinski definition) is 3. The molecule has 1 saturated heterocycles. The van der Waals surface area contributed by atoms with Crippen LogP contribution in [0, 0.1) is 5.41 Å². The summed E-state index contributed by atoms with van der Waals surface area (Å²) in [6.07, 6.45) is 1.55. The summed E-state index contributed by atoms with van der Waals surface area (Å²) in [5, 5.41) is 6.04. The van der Waals surface area contributed by atoms with E-state index in [1.165, 1.54) is 6.07 Å². The van der Waals surface area contributed by atoms with E-state index in [9.17, 15) is 13.6 Å². The Hall–Kier alpha value is -1.69. The quantitative estimate of drug-likeness (QED) is 0.847. The molecule has 0 bridgehead atoms. The van der Waals surface area contributed by atoms with Gasteiger partial charge in [-0.05, 0) is 25.5 Å². The molecule has 0 aliphatic carbocycles. The molecule has 1 amide bonds. The topological polar surface area (TPSA) is 50.4 Å². The van der Waals surface area contributed by atoms with E-state index in [1.807, 2.05) is 6.92 Å². The lowest BCUT2D eigenvalue weighted by atomic mass is 9.83. The van der Waals surface area contributed by atoms with Crippen molar-refractivity contribution in [3.8, 4) is 5.75 Å². The predicted octanol–water partition coefficient (Wildman–Crippen LogP) is 2.29. The first-order valence-corrected chi connectivity index (χ1v) is 7.09. The fourth-order valence-electron chi connectivity index (χ4n) is 2.62. The van der Waals surface area contributed by atoms with Crippen LogP contribution in [0.1, 0.15) is 25.3 Å². The summed E-state index contributed by atoms with van der Waals surface area (Å²) in [5.74, 6) is 0.0599. The molecule has 2 rings (SSSR count). The van der Waals surface area contributed by atoms with Crippen LogP contribution >= 0.6 is 0 Å². The second-order valence-electron chi connectivity index (χ2n) is 5.23. The number of carbonyl (C=O) groups is 1. The number of rotatable bonds is 6. The lowest BCUT2D eigenvalue weighted by molar-refractivity contribution is -0.130. The van der Waals surface area contributed by atoms with E-state index in [4.69, 9.17) is 0 Å². The molecule has 1 aliphatic rings. The van der Waals surface area contributed by atoms with E-state index in [1.54, 1.807) is 18.2 Å². The largest absolute Gasteiger partial charge is 0.434 e. The summed E-state index contributed by atoms with van der Waals surface area (Å²) in [6.45, 7) is 0.781. The van der Waals surface area contributed by atoms with Gasteiger partial charge >= 0.3 is 6.61 Å². The maximum atomic E-state index is 12.4. The predicted molar refractivity (Wildman–Crippen MR) is 75.1 cm³/mol. The molecule has 1 fully saturated rings. The first-order chi connectivity index (χ1) is 10.1. The third-order valence-corrected chi connectivity index (χ3v) is 4.03. The third kappa shape index (κ3) is 3.69. The lowest BCUT2D eigenvalue weighted by Gasteiger charge is -2.25. The van der Waals surface area contributed by atoms with E-state index < -0.39 is 12.0 Å². The van der Waals surface area contributed by atoms with Gasteiger partial charge in [0.05, 0.1) is 5.41 Å². The molecule has 1 aliphatic heterocycles. The molecule has 1 atom stereocenters. The lowest BCUT2D eigenvalue weighted by Crippen LogP contribution is -2.41. The number of halogens is 2. The molecule has 116 valence electrons. The highest BCUT2D eigenvalue weighted by molar-refractivity contribution is 5.83. The van der Waals surface area contributed by atoms with Crippen LogP contribution in [-0.2, 0) is 11.3 Å². The van der Waals surface area contributed by atoms with Gasteiger partial charge in [0.15, 0.2) is 0 Å². The van der Waals surface area contributed by atoms with Crippen LogP contribution in [0.15, 0.2) is 24.3 Å². The van der Waals surface area contributed by atoms with Crippen LogP contribution in [0.25, 0.3) is 0 Å². The van der Waals surface area contributed by atoms with Crippen molar-refractivity contribution < 1.29 is 18.3 Å². The van der Waals surface area contributed by atoms with Gasteiger partial charge in [0, 0.05) is 18.7 Å². The second kappa shape index (κ2) is 6.85. The highest BCUT2D eigenvalue weighted by Crippen LogP contribution is 2.30. The van der Waals surface area contributed by atoms with Crippen molar-refractivity contribution >= 4 is 5.91 Å². The number of hydrogen-bond donors (Lipinski definition) is 2. The van der Waals surface area contributed by atoms with E-state index in [0.29, 0.717) is 12.1 Å². The standard InChI is InChI=1S/C15H20F2N2O2/c1-2-15(7-8-18-10-15)13(20)19-9-11-5-3-4-6-12(11)21-14(16)17/h3-6,14,18H,2,7-10H2,1H3,(H,19,20). The van der Waals surface area contributed by atoms with Crippen molar-refractivity contribution in [1.29, 1.82) is 0 Å². The van der Waals surface area contributed by atoms with Crippen molar-refractivity contribution in [3.63, 3.8) is 0 Å². The Morgan fingerprint density at radius 1 is 1.48 bits per heavy atom. The highest BCUT2D eigenvalue weighted by Gasteiger charge is 2.39. The SMILES string of the molecule is CCC1(C(=O)NCc2ccccc2OC(F)F)CCNC1. The van der Waals surface area contributed by atoms with Gasteiger partial charge < -0.3 is 15.4 Å². The Morgan fingerprint density at radius 3 is 2.86 bits per heavy atom. The molecule has 0 aromatic heterocycles. The minimum absolute atomic E-state index is 0.0400. The van der Waals surface area contributed by atoms with Gasteiger partial charge in [-0.2, -0.15) is 8.78 Å². The van der Waals surface area contributed by atoms with E-state index in [2.05, 4.69) is 15.4 Å². The maximum absolute atomic E-state index is 12.4. The van der Waals surface area contributed by atoms with Crippen molar-refractivity contribution in [3.05, 3.63) is 29.8 Å². The van der Waals surface area contributed by atoms with Crippen LogP contribution in [0.2, 0.25) is 0 Å². The number of para-hydroxylation sites is 1. The molecule has 0 saturated carbocycles. The maximum Gasteiger partial charge on any atom is 0.387 e. The van der Waals surface area contributed by atoms with Crippen LogP contribution in [-0.4, -0.2) is 25.6 Å². The second-order valence-corrected chi connectivity index (χ2v) is 5.23. The number of nitrogens with one attached hydrogen (secondary N) is 2. The molecule has 0 spiro atoms. The Labute approximate surface area is 122 Å². The molecule has 1 heterocycles. The Bertz CT molecular complexity index is 488. The van der Waals surface area contributed by atoms with Gasteiger partial charge in [0.25, 0.3) is 0 Å². The number of benzene rings is 1. The van der Waals surface area contributed by atoms with Gasteiger partial charge in [0.2, 0.25) is 5.91 Å². The van der Waals surface area contributed by atoms with E-state index in [0.717, 1.165) is 19.4 Å². The van der Waals surface area contributed by atoms with Gasteiger partial charge in [-0.1, -0.05) is 25.1 Å². The molecule has 0 radical (unpaired) electrons. The molecule has 1 unspecified atom stereocenters. The van der Waals surface area contributed by atoms with Gasteiger partial charge in [-0.3, -0.25) is 4.79 Å². The van der Waals surface area contributed by atoms with Crippen molar-refractivity contribution in [2.45, 2.75) is 32.9 Å². The third-order valence-electron chi connectivity index (χ3n) is 4.03. The molecular formula is C15H20F2N2O2. The molecule has 4 nitrogen and oxygen atoms in total. The fraction of sp³-hybridized carbons (Fsp3) is 0.533. The molecular weight excluding hydrogens is 278 g/mol. The summed E-state index contributed by atoms with van der Waals surface area (Å²) in [5.41, 5.74) is 0.154. The van der Waals surface area contributed by atoms with Crippen molar-refractivity contribution in [2.24, 2.45) is 5.41 Å². The highest BCUT2D eigenvalue weighted by atomic mass is 19.3. The van der Waals surface area contributed by atoms with Gasteiger partial charge in [0.1, 0.15) is 5.75 Å². The Balaban J connectivity index is 2.01.